The average Bonchev–Trinajstić information content (AvgIpc) is 2.72. The van der Waals surface area contributed by atoms with E-state index in [9.17, 15) is 4.39 Å². The molecule has 0 aliphatic carbocycles. The molecule has 0 aromatic heterocycles. The minimum absolute atomic E-state index is 0.212. The summed E-state index contributed by atoms with van der Waals surface area (Å²) in [5.41, 5.74) is 0. The zero-order chi connectivity index (χ0) is 17.8. The quantitative estimate of drug-likeness (QED) is 0.363. The van der Waals surface area contributed by atoms with Crippen LogP contribution in [0.2, 0.25) is 0 Å². The third kappa shape index (κ3) is 2.83. The Balaban J connectivity index is 2.12. The molecule has 0 fully saturated rings. The Kier molecular flexibility index (Phi) is 4.59. The van der Waals surface area contributed by atoms with Crippen LogP contribution in [-0.4, -0.2) is 0 Å². The predicted molar refractivity (Wildman–Crippen MR) is 106 cm³/mol. The fourth-order valence-corrected chi connectivity index (χ4v) is 7.20. The largest absolute Gasteiger partial charge is 0.207 e. The number of benzene rings is 4. The van der Waals surface area contributed by atoms with E-state index in [1.165, 1.54) is 14.7 Å². The molecule has 0 saturated heterocycles. The van der Waals surface area contributed by atoms with E-state index >= 15 is 0 Å². The van der Waals surface area contributed by atoms with Gasteiger partial charge in [-0.3, -0.25) is 0 Å². The summed E-state index contributed by atoms with van der Waals surface area (Å²) < 4.78 is 13.7. The molecule has 0 unspecified atom stereocenters. The van der Waals surface area contributed by atoms with Gasteiger partial charge < -0.3 is 0 Å². The minimum atomic E-state index is -1.69. The van der Waals surface area contributed by atoms with E-state index in [2.05, 4.69) is 72.8 Å². The maximum absolute atomic E-state index is 13.7. The van der Waals surface area contributed by atoms with Crippen LogP contribution in [0.4, 0.5) is 4.39 Å². The Hall–Kier alpha value is -2.84. The highest BCUT2D eigenvalue weighted by atomic mass is 32.3. The highest BCUT2D eigenvalue weighted by molar-refractivity contribution is 8.34. The molecule has 0 bridgehead atoms. The van der Waals surface area contributed by atoms with Crippen LogP contribution in [0.3, 0.4) is 0 Å². The zero-order valence-electron chi connectivity index (χ0n) is 14.3. The van der Waals surface area contributed by atoms with E-state index in [1.807, 2.05) is 30.3 Å². The van der Waals surface area contributed by atoms with Crippen LogP contribution in [0, 0.1) is 5.82 Å². The van der Waals surface area contributed by atoms with Gasteiger partial charge in [-0.15, -0.1) is 10.0 Å². The van der Waals surface area contributed by atoms with Crippen molar-refractivity contribution in [2.45, 2.75) is 19.6 Å². The summed E-state index contributed by atoms with van der Waals surface area (Å²) in [5.74, 6) is -0.212. The lowest BCUT2D eigenvalue weighted by Gasteiger charge is -2.42. The molecule has 0 saturated carbocycles. The van der Waals surface area contributed by atoms with Gasteiger partial charge in [0.25, 0.3) is 0 Å². The van der Waals surface area contributed by atoms with E-state index < -0.39 is 10.0 Å². The van der Waals surface area contributed by atoms with Crippen LogP contribution in [0.1, 0.15) is 0 Å². The van der Waals surface area contributed by atoms with Crippen LogP contribution in [0.15, 0.2) is 135 Å². The SMILES string of the molecule is Fc1ccc(S(c2ccccc2)(c2ccccc2)c2ccccc2)cc1. The van der Waals surface area contributed by atoms with Crippen LogP contribution in [0.5, 0.6) is 0 Å². The van der Waals surface area contributed by atoms with Crippen LogP contribution in [-0.2, 0) is 0 Å². The maximum atomic E-state index is 13.7. The second kappa shape index (κ2) is 7.19. The summed E-state index contributed by atoms with van der Waals surface area (Å²) in [6.07, 6.45) is 0. The first-order valence-corrected chi connectivity index (χ1v) is 10.2. The molecule has 0 amide bonds. The molecule has 4 aromatic carbocycles. The van der Waals surface area contributed by atoms with E-state index in [-0.39, 0.29) is 5.82 Å². The van der Waals surface area contributed by atoms with Gasteiger partial charge in [0.05, 0.1) is 0 Å². The van der Waals surface area contributed by atoms with Crippen molar-refractivity contribution in [3.63, 3.8) is 0 Å². The molecule has 0 heterocycles. The molecule has 26 heavy (non-hydrogen) atoms. The molecule has 2 heteroatoms. The van der Waals surface area contributed by atoms with Crippen LogP contribution < -0.4 is 0 Å². The molecule has 128 valence electrons. The van der Waals surface area contributed by atoms with Crippen molar-refractivity contribution in [1.29, 1.82) is 0 Å². The van der Waals surface area contributed by atoms with Crippen molar-refractivity contribution >= 4 is 10.0 Å². The molecule has 0 N–H and O–H groups in total. The fourth-order valence-electron chi connectivity index (χ4n) is 3.33. The van der Waals surface area contributed by atoms with Crippen LogP contribution in [0.25, 0.3) is 0 Å². The normalized spacial score (nSPS) is 11.9. The standard InChI is InChI=1S/C24H19FS/c25-20-16-18-24(19-17-20)26(21-10-4-1-5-11-21,22-12-6-2-7-13-22)23-14-8-3-9-15-23/h1-19H. The summed E-state index contributed by atoms with van der Waals surface area (Å²) in [6.45, 7) is 0. The summed E-state index contributed by atoms with van der Waals surface area (Å²) in [5, 5.41) is 0. The number of hydrogen-bond donors (Lipinski definition) is 0. The third-order valence-corrected chi connectivity index (χ3v) is 8.37. The average molecular weight is 358 g/mol. The van der Waals surface area contributed by atoms with E-state index in [4.69, 9.17) is 0 Å². The summed E-state index contributed by atoms with van der Waals surface area (Å²) in [6, 6.07) is 38.6. The topological polar surface area (TPSA) is 0 Å². The highest BCUT2D eigenvalue weighted by Gasteiger charge is 2.32. The Morgan fingerprint density at radius 2 is 0.692 bits per heavy atom. The monoisotopic (exact) mass is 358 g/mol. The van der Waals surface area contributed by atoms with Crippen molar-refractivity contribution < 1.29 is 4.39 Å². The Labute approximate surface area is 155 Å². The van der Waals surface area contributed by atoms with Gasteiger partial charge in [-0.1, -0.05) is 54.6 Å². The molecule has 4 rings (SSSR count). The lowest BCUT2D eigenvalue weighted by atomic mass is 10.3. The lowest BCUT2D eigenvalue weighted by Crippen LogP contribution is -2.05. The first kappa shape index (κ1) is 16.6. The first-order chi connectivity index (χ1) is 12.8. The Bertz CT molecular complexity index is 868. The van der Waals surface area contributed by atoms with Crippen molar-refractivity contribution in [3.8, 4) is 0 Å². The number of rotatable bonds is 4. The van der Waals surface area contributed by atoms with Gasteiger partial charge in [-0.05, 0) is 60.7 Å². The second-order valence-corrected chi connectivity index (χ2v) is 9.12. The second-order valence-electron chi connectivity index (χ2n) is 6.01. The first-order valence-electron chi connectivity index (χ1n) is 8.56. The third-order valence-electron chi connectivity index (χ3n) is 4.46. The van der Waals surface area contributed by atoms with E-state index in [0.29, 0.717) is 0 Å². The molecular weight excluding hydrogens is 339 g/mol. The van der Waals surface area contributed by atoms with Crippen molar-refractivity contribution in [3.05, 3.63) is 121 Å². The van der Waals surface area contributed by atoms with Gasteiger partial charge in [0.2, 0.25) is 0 Å². The molecular formula is C24H19FS. The molecule has 0 aliphatic rings. The molecule has 0 radical (unpaired) electrons. The van der Waals surface area contributed by atoms with Gasteiger partial charge >= 0.3 is 0 Å². The van der Waals surface area contributed by atoms with Crippen molar-refractivity contribution in [2.24, 2.45) is 0 Å². The maximum Gasteiger partial charge on any atom is 0.123 e. The summed E-state index contributed by atoms with van der Waals surface area (Å²) >= 11 is 0. The highest BCUT2D eigenvalue weighted by Crippen LogP contribution is 2.73. The van der Waals surface area contributed by atoms with Gasteiger partial charge in [-0.2, -0.15) is 0 Å². The Morgan fingerprint density at radius 3 is 1.04 bits per heavy atom. The fraction of sp³-hybridized carbons (Fsp3) is 0. The van der Waals surface area contributed by atoms with E-state index in [0.717, 1.165) is 4.90 Å². The minimum Gasteiger partial charge on any atom is -0.207 e. The summed E-state index contributed by atoms with van der Waals surface area (Å²) in [7, 11) is -1.69. The molecule has 0 spiro atoms. The smallest absolute Gasteiger partial charge is 0.123 e. The molecule has 0 nitrogen and oxygen atoms in total. The zero-order valence-corrected chi connectivity index (χ0v) is 15.1. The predicted octanol–water partition coefficient (Wildman–Crippen LogP) is 7.17. The van der Waals surface area contributed by atoms with Crippen molar-refractivity contribution in [2.75, 3.05) is 0 Å². The van der Waals surface area contributed by atoms with Gasteiger partial charge in [0, 0.05) is 19.6 Å². The summed E-state index contributed by atoms with van der Waals surface area (Å²) in [4.78, 5) is 4.85. The lowest BCUT2D eigenvalue weighted by molar-refractivity contribution is 0.626. The van der Waals surface area contributed by atoms with Crippen LogP contribution >= 0.6 is 10.0 Å². The van der Waals surface area contributed by atoms with Gasteiger partial charge in [0.15, 0.2) is 0 Å². The Morgan fingerprint density at radius 1 is 0.385 bits per heavy atom. The number of hydrogen-bond acceptors (Lipinski definition) is 0. The number of halogens is 1. The molecule has 4 aromatic rings. The van der Waals surface area contributed by atoms with Gasteiger partial charge in [-0.25, -0.2) is 4.39 Å². The molecule has 0 aliphatic heterocycles. The van der Waals surface area contributed by atoms with E-state index in [1.54, 1.807) is 12.1 Å². The van der Waals surface area contributed by atoms with Crippen molar-refractivity contribution in [1.82, 2.24) is 0 Å². The van der Waals surface area contributed by atoms with Gasteiger partial charge in [0.1, 0.15) is 5.82 Å². The molecule has 0 atom stereocenters.